The molecule has 9 atom stereocenters. The lowest BCUT2D eigenvalue weighted by atomic mass is 9.98. The molecule has 0 aromatic rings. The van der Waals surface area contributed by atoms with E-state index in [1.807, 2.05) is 0 Å². The van der Waals surface area contributed by atoms with Crippen LogP contribution < -0.4 is 5.32 Å². The molecule has 82 heavy (non-hydrogen) atoms. The smallest absolute Gasteiger partial charge is 0.249 e. The van der Waals surface area contributed by atoms with Gasteiger partial charge in [0.25, 0.3) is 0 Å². The van der Waals surface area contributed by atoms with Crippen molar-refractivity contribution >= 4 is 5.91 Å². The molecule has 1 aliphatic heterocycles. The standard InChI is InChI=1S/C71H139NO10/c1-3-5-7-9-11-13-15-17-19-21-23-25-27-28-29-30-31-32-33-34-35-37-38-40-42-44-46-48-50-52-54-56-58-63(74)66(76)62(61-81-71-69(79)68(78)67(77)65(60-73)82-71)72-70(80)64(75)59-57-55-53-51-49-47-45-43-41-39-36-26-24-22-20-18-16-14-12-10-8-6-4-2/h50,52,62-69,71,73-79H,3-49,51,53-61H2,1-2H3,(H,72,80)/b52-50+. The molecule has 1 saturated heterocycles. The molecule has 1 amide bonds. The number of hydrogen-bond donors (Lipinski definition) is 8. The third-order valence-electron chi connectivity index (χ3n) is 17.8. The summed E-state index contributed by atoms with van der Waals surface area (Å²) in [5, 5.41) is 76.5. The normalized spacial score (nSPS) is 19.1. The highest BCUT2D eigenvalue weighted by Gasteiger charge is 2.44. The van der Waals surface area contributed by atoms with E-state index in [4.69, 9.17) is 9.47 Å². The van der Waals surface area contributed by atoms with Crippen molar-refractivity contribution in [3.05, 3.63) is 12.2 Å². The quantitative estimate of drug-likeness (QED) is 0.0215. The fourth-order valence-corrected chi connectivity index (χ4v) is 12.0. The fourth-order valence-electron chi connectivity index (χ4n) is 12.0. The number of ether oxygens (including phenoxy) is 2. The highest BCUT2D eigenvalue weighted by Crippen LogP contribution is 2.24. The monoisotopic (exact) mass is 1170 g/mol. The number of rotatable bonds is 64. The Bertz CT molecular complexity index is 1340. The van der Waals surface area contributed by atoms with E-state index in [1.54, 1.807) is 0 Å². The SMILES string of the molecule is CCCCCCCCCCCCCCCCCCCCCCCCCCCCC/C=C/CCCC(O)C(O)C(COC1OC(CO)C(O)C(O)C1O)NC(=O)C(O)CCCCCCCCCCCCCCCCCCCCCCCCC. The van der Waals surface area contributed by atoms with Crippen LogP contribution in [0.1, 0.15) is 367 Å². The van der Waals surface area contributed by atoms with E-state index >= 15 is 0 Å². The lowest BCUT2D eigenvalue weighted by molar-refractivity contribution is -0.303. The van der Waals surface area contributed by atoms with E-state index in [0.717, 1.165) is 32.1 Å². The third kappa shape index (κ3) is 47.0. The van der Waals surface area contributed by atoms with Gasteiger partial charge in [-0.1, -0.05) is 341 Å². The van der Waals surface area contributed by atoms with Gasteiger partial charge in [0.05, 0.1) is 25.4 Å². The Morgan fingerprint density at radius 2 is 0.720 bits per heavy atom. The first kappa shape index (κ1) is 78.9. The molecule has 9 unspecified atom stereocenters. The van der Waals surface area contributed by atoms with Crippen molar-refractivity contribution in [2.75, 3.05) is 13.2 Å². The molecule has 11 heteroatoms. The minimum absolute atomic E-state index is 0.260. The van der Waals surface area contributed by atoms with E-state index in [2.05, 4.69) is 31.3 Å². The van der Waals surface area contributed by atoms with Crippen molar-refractivity contribution < 1.29 is 50.0 Å². The summed E-state index contributed by atoms with van der Waals surface area (Å²) in [7, 11) is 0. The summed E-state index contributed by atoms with van der Waals surface area (Å²) in [4.78, 5) is 13.2. The number of nitrogens with one attached hydrogen (secondary N) is 1. The van der Waals surface area contributed by atoms with E-state index in [0.29, 0.717) is 12.8 Å². The maximum absolute atomic E-state index is 13.2. The molecule has 0 aromatic heterocycles. The number of allylic oxidation sites excluding steroid dienone is 2. The first-order valence-corrected chi connectivity index (χ1v) is 36.1. The van der Waals surface area contributed by atoms with Gasteiger partial charge >= 0.3 is 0 Å². The minimum atomic E-state index is -1.67. The molecule has 1 heterocycles. The van der Waals surface area contributed by atoms with Crippen molar-refractivity contribution in [3.8, 4) is 0 Å². The first-order valence-electron chi connectivity index (χ1n) is 36.1. The highest BCUT2D eigenvalue weighted by atomic mass is 16.7. The molecule has 0 saturated carbocycles. The summed E-state index contributed by atoms with van der Waals surface area (Å²) in [6.45, 7) is 3.51. The largest absolute Gasteiger partial charge is 0.394 e. The molecule has 0 aromatic carbocycles. The van der Waals surface area contributed by atoms with Gasteiger partial charge < -0.3 is 50.5 Å². The number of carbonyl (C=O) groups excluding carboxylic acids is 1. The van der Waals surface area contributed by atoms with Crippen molar-refractivity contribution in [3.63, 3.8) is 0 Å². The number of amides is 1. The third-order valence-corrected chi connectivity index (χ3v) is 17.8. The summed E-state index contributed by atoms with van der Waals surface area (Å²) in [6.07, 6.45) is 63.1. The molecular formula is C71H139NO10. The zero-order chi connectivity index (χ0) is 59.6. The van der Waals surface area contributed by atoms with Crippen LogP contribution in [0.25, 0.3) is 0 Å². The minimum Gasteiger partial charge on any atom is -0.394 e. The predicted octanol–water partition coefficient (Wildman–Crippen LogP) is 17.4. The second-order valence-electron chi connectivity index (χ2n) is 25.7. The van der Waals surface area contributed by atoms with Crippen LogP contribution >= 0.6 is 0 Å². The van der Waals surface area contributed by atoms with Crippen molar-refractivity contribution in [2.24, 2.45) is 0 Å². The molecular weight excluding hydrogens is 1030 g/mol. The van der Waals surface area contributed by atoms with Gasteiger partial charge in [-0.2, -0.15) is 0 Å². The van der Waals surface area contributed by atoms with E-state index in [-0.39, 0.29) is 12.8 Å². The Morgan fingerprint density at radius 3 is 1.05 bits per heavy atom. The Labute approximate surface area is 506 Å². The maximum atomic E-state index is 13.2. The van der Waals surface area contributed by atoms with E-state index < -0.39 is 74.2 Å². The molecule has 0 spiro atoms. The van der Waals surface area contributed by atoms with Crippen LogP contribution in [0.2, 0.25) is 0 Å². The highest BCUT2D eigenvalue weighted by molar-refractivity contribution is 5.80. The van der Waals surface area contributed by atoms with Crippen LogP contribution in [0.5, 0.6) is 0 Å². The number of aliphatic hydroxyl groups is 7. The van der Waals surface area contributed by atoms with Gasteiger partial charge in [-0.15, -0.1) is 0 Å². The second-order valence-corrected chi connectivity index (χ2v) is 25.7. The lowest BCUT2D eigenvalue weighted by Gasteiger charge is -2.40. The first-order chi connectivity index (χ1) is 40.2. The molecule has 8 N–H and O–H groups in total. The van der Waals surface area contributed by atoms with Crippen LogP contribution in [-0.2, 0) is 14.3 Å². The number of unbranched alkanes of at least 4 members (excludes halogenated alkanes) is 50. The van der Waals surface area contributed by atoms with E-state index in [9.17, 15) is 40.5 Å². The van der Waals surface area contributed by atoms with Gasteiger partial charge in [-0.25, -0.2) is 0 Å². The summed E-state index contributed by atoms with van der Waals surface area (Å²) in [5.74, 6) is -0.698. The summed E-state index contributed by atoms with van der Waals surface area (Å²) in [5.41, 5.74) is 0. The maximum Gasteiger partial charge on any atom is 0.249 e. The van der Waals surface area contributed by atoms with Gasteiger partial charge in [0.2, 0.25) is 5.91 Å². The number of carbonyl (C=O) groups is 1. The average Bonchev–Trinajstić information content (AvgIpc) is 3.53. The number of aliphatic hydroxyl groups excluding tert-OH is 7. The van der Waals surface area contributed by atoms with Gasteiger partial charge in [0.1, 0.15) is 36.6 Å². The summed E-state index contributed by atoms with van der Waals surface area (Å²) < 4.78 is 11.2. The molecule has 0 bridgehead atoms. The predicted molar refractivity (Wildman–Crippen MR) is 344 cm³/mol. The van der Waals surface area contributed by atoms with Gasteiger partial charge in [0, 0.05) is 0 Å². The fraction of sp³-hybridized carbons (Fsp3) is 0.958. The Kier molecular flexibility index (Phi) is 57.8. The Balaban J connectivity index is 2.18. The second kappa shape index (κ2) is 60.1. The lowest BCUT2D eigenvalue weighted by Crippen LogP contribution is -2.60. The molecule has 1 aliphatic rings. The van der Waals surface area contributed by atoms with Crippen LogP contribution in [0.4, 0.5) is 0 Å². The van der Waals surface area contributed by atoms with Gasteiger partial charge in [-0.3, -0.25) is 4.79 Å². The molecule has 1 rings (SSSR count). The topological polar surface area (TPSA) is 189 Å². The Hall–Kier alpha value is -1.15. The van der Waals surface area contributed by atoms with E-state index in [1.165, 1.54) is 295 Å². The van der Waals surface area contributed by atoms with Gasteiger partial charge in [-0.05, 0) is 38.5 Å². The molecule has 11 nitrogen and oxygen atoms in total. The average molecular weight is 1170 g/mol. The zero-order valence-electron chi connectivity index (χ0n) is 54.0. The summed E-state index contributed by atoms with van der Waals surface area (Å²) >= 11 is 0. The van der Waals surface area contributed by atoms with Crippen LogP contribution in [0, 0.1) is 0 Å². The molecule has 0 radical (unpaired) electrons. The number of hydrogen-bond acceptors (Lipinski definition) is 10. The van der Waals surface area contributed by atoms with Crippen LogP contribution in [0.15, 0.2) is 12.2 Å². The van der Waals surface area contributed by atoms with Crippen LogP contribution in [0.3, 0.4) is 0 Å². The van der Waals surface area contributed by atoms with Crippen LogP contribution in [-0.4, -0.2) is 110 Å². The van der Waals surface area contributed by atoms with Crippen molar-refractivity contribution in [1.29, 1.82) is 0 Å². The molecule has 1 fully saturated rings. The Morgan fingerprint density at radius 1 is 0.415 bits per heavy atom. The molecule has 488 valence electrons. The van der Waals surface area contributed by atoms with Gasteiger partial charge in [0.15, 0.2) is 6.29 Å². The zero-order valence-corrected chi connectivity index (χ0v) is 54.0. The molecule has 0 aliphatic carbocycles. The van der Waals surface area contributed by atoms with Crippen molar-refractivity contribution in [2.45, 2.75) is 422 Å². The van der Waals surface area contributed by atoms with Crippen molar-refractivity contribution in [1.82, 2.24) is 5.32 Å². The summed E-state index contributed by atoms with van der Waals surface area (Å²) in [6, 6.07) is -1.18.